The molecule has 0 radical (unpaired) electrons. The molecule has 0 saturated heterocycles. The van der Waals surface area contributed by atoms with Gasteiger partial charge in [0.05, 0.1) is 13.2 Å². The first kappa shape index (κ1) is 15.8. The average molecular weight is 267 g/mol. The van der Waals surface area contributed by atoms with E-state index in [0.29, 0.717) is 19.8 Å². The maximum absolute atomic E-state index is 8.71. The summed E-state index contributed by atoms with van der Waals surface area (Å²) in [6, 6.07) is 5.79. The third kappa shape index (κ3) is 5.94. The molecule has 4 heteroatoms. The van der Waals surface area contributed by atoms with Crippen molar-refractivity contribution in [2.45, 2.75) is 39.2 Å². The lowest BCUT2D eigenvalue weighted by molar-refractivity contribution is 0.264. The lowest BCUT2D eigenvalue weighted by Crippen LogP contribution is -2.05. The fourth-order valence-electron chi connectivity index (χ4n) is 1.72. The molecular weight excluding hydrogens is 242 g/mol. The highest BCUT2D eigenvalue weighted by atomic mass is 16.5. The molecule has 0 unspecified atom stereocenters. The second-order valence-corrected chi connectivity index (χ2v) is 4.45. The van der Waals surface area contributed by atoms with Crippen molar-refractivity contribution in [2.75, 3.05) is 19.8 Å². The van der Waals surface area contributed by atoms with Crippen molar-refractivity contribution >= 4 is 0 Å². The molecule has 0 bridgehead atoms. The molecule has 0 amide bonds. The highest BCUT2D eigenvalue weighted by Gasteiger charge is 2.05. The van der Waals surface area contributed by atoms with Gasteiger partial charge in [0, 0.05) is 24.8 Å². The molecule has 0 saturated carbocycles. The van der Waals surface area contributed by atoms with E-state index >= 15 is 0 Å². The summed E-state index contributed by atoms with van der Waals surface area (Å²) >= 11 is 0. The lowest BCUT2D eigenvalue weighted by Gasteiger charge is -2.12. The van der Waals surface area contributed by atoms with E-state index in [-0.39, 0.29) is 6.61 Å². The smallest absolute Gasteiger partial charge is 0.127 e. The average Bonchev–Trinajstić information content (AvgIpc) is 2.45. The van der Waals surface area contributed by atoms with Gasteiger partial charge in [0.25, 0.3) is 0 Å². The van der Waals surface area contributed by atoms with Crippen LogP contribution in [0.2, 0.25) is 0 Å². The SMILES string of the molecule is CCCOc1ccc(CN)c(OCCCCCO)c1. The molecule has 19 heavy (non-hydrogen) atoms. The van der Waals surface area contributed by atoms with Crippen LogP contribution in [0.15, 0.2) is 18.2 Å². The minimum Gasteiger partial charge on any atom is -0.493 e. The van der Waals surface area contributed by atoms with E-state index in [1.165, 1.54) is 0 Å². The van der Waals surface area contributed by atoms with Gasteiger partial charge in [-0.05, 0) is 31.7 Å². The summed E-state index contributed by atoms with van der Waals surface area (Å²) in [6.45, 7) is 4.13. The molecule has 1 rings (SSSR count). The Kier molecular flexibility index (Phi) is 8.02. The topological polar surface area (TPSA) is 64.7 Å². The van der Waals surface area contributed by atoms with E-state index in [9.17, 15) is 0 Å². The predicted octanol–water partition coefficient (Wildman–Crippen LogP) is 2.48. The highest BCUT2D eigenvalue weighted by molar-refractivity contribution is 5.40. The number of hydrogen-bond donors (Lipinski definition) is 2. The van der Waals surface area contributed by atoms with Crippen LogP contribution in [0.1, 0.15) is 38.2 Å². The third-order valence-corrected chi connectivity index (χ3v) is 2.79. The van der Waals surface area contributed by atoms with Crippen LogP contribution in [0.5, 0.6) is 11.5 Å². The first-order valence-corrected chi connectivity index (χ1v) is 7.01. The second-order valence-electron chi connectivity index (χ2n) is 4.45. The fraction of sp³-hybridized carbons (Fsp3) is 0.600. The maximum Gasteiger partial charge on any atom is 0.127 e. The number of benzene rings is 1. The maximum atomic E-state index is 8.71. The molecule has 3 N–H and O–H groups in total. The summed E-state index contributed by atoms with van der Waals surface area (Å²) in [7, 11) is 0. The fourth-order valence-corrected chi connectivity index (χ4v) is 1.72. The number of hydrogen-bond acceptors (Lipinski definition) is 4. The van der Waals surface area contributed by atoms with E-state index < -0.39 is 0 Å². The number of rotatable bonds is 10. The lowest BCUT2D eigenvalue weighted by atomic mass is 10.2. The largest absolute Gasteiger partial charge is 0.493 e. The Hall–Kier alpha value is -1.26. The number of nitrogens with two attached hydrogens (primary N) is 1. The van der Waals surface area contributed by atoms with E-state index in [1.54, 1.807) is 0 Å². The van der Waals surface area contributed by atoms with E-state index in [1.807, 2.05) is 18.2 Å². The molecule has 0 fully saturated rings. The van der Waals surface area contributed by atoms with E-state index in [2.05, 4.69) is 6.92 Å². The summed E-state index contributed by atoms with van der Waals surface area (Å²) in [6.07, 6.45) is 3.72. The van der Waals surface area contributed by atoms with Crippen molar-refractivity contribution < 1.29 is 14.6 Å². The van der Waals surface area contributed by atoms with Crippen molar-refractivity contribution in [2.24, 2.45) is 5.73 Å². The molecule has 1 aromatic carbocycles. The third-order valence-electron chi connectivity index (χ3n) is 2.79. The van der Waals surface area contributed by atoms with Gasteiger partial charge in [0.15, 0.2) is 0 Å². The van der Waals surface area contributed by atoms with Crippen LogP contribution in [0.25, 0.3) is 0 Å². The first-order valence-electron chi connectivity index (χ1n) is 7.01. The van der Waals surface area contributed by atoms with Crippen LogP contribution in [0.4, 0.5) is 0 Å². The molecule has 0 atom stereocenters. The Balaban J connectivity index is 2.52. The highest BCUT2D eigenvalue weighted by Crippen LogP contribution is 2.25. The van der Waals surface area contributed by atoms with Gasteiger partial charge < -0.3 is 20.3 Å². The van der Waals surface area contributed by atoms with Crippen LogP contribution in [-0.4, -0.2) is 24.9 Å². The van der Waals surface area contributed by atoms with Gasteiger partial charge in [-0.2, -0.15) is 0 Å². The van der Waals surface area contributed by atoms with Crippen molar-refractivity contribution in [1.82, 2.24) is 0 Å². The summed E-state index contributed by atoms with van der Waals surface area (Å²) in [5, 5.41) is 8.71. The monoisotopic (exact) mass is 267 g/mol. The van der Waals surface area contributed by atoms with Gasteiger partial charge in [-0.25, -0.2) is 0 Å². The quantitative estimate of drug-likeness (QED) is 0.639. The minimum absolute atomic E-state index is 0.244. The Morgan fingerprint density at radius 1 is 1.11 bits per heavy atom. The van der Waals surface area contributed by atoms with Crippen LogP contribution in [-0.2, 0) is 6.54 Å². The number of aliphatic hydroxyl groups excluding tert-OH is 1. The molecule has 4 nitrogen and oxygen atoms in total. The zero-order chi connectivity index (χ0) is 13.9. The first-order chi connectivity index (χ1) is 9.31. The Labute approximate surface area is 115 Å². The van der Waals surface area contributed by atoms with Gasteiger partial charge in [-0.3, -0.25) is 0 Å². The molecular formula is C15H25NO3. The van der Waals surface area contributed by atoms with Gasteiger partial charge in [-0.15, -0.1) is 0 Å². The van der Waals surface area contributed by atoms with Gasteiger partial charge in [0.1, 0.15) is 11.5 Å². The zero-order valence-corrected chi connectivity index (χ0v) is 11.7. The van der Waals surface area contributed by atoms with Crippen molar-refractivity contribution in [3.8, 4) is 11.5 Å². The Bertz CT molecular complexity index is 355. The van der Waals surface area contributed by atoms with Crippen molar-refractivity contribution in [3.05, 3.63) is 23.8 Å². The van der Waals surface area contributed by atoms with Gasteiger partial charge in [-0.1, -0.05) is 13.0 Å². The standard InChI is InChI=1S/C15H25NO3/c1-2-9-18-14-7-6-13(12-16)15(11-14)19-10-5-3-4-8-17/h6-7,11,17H,2-5,8-10,12,16H2,1H3. The molecule has 0 aliphatic rings. The van der Waals surface area contributed by atoms with Crippen molar-refractivity contribution in [3.63, 3.8) is 0 Å². The predicted molar refractivity (Wildman–Crippen MR) is 76.6 cm³/mol. The second kappa shape index (κ2) is 9.64. The Morgan fingerprint density at radius 2 is 1.95 bits per heavy atom. The molecule has 0 aliphatic heterocycles. The summed E-state index contributed by atoms with van der Waals surface area (Å²) in [5.74, 6) is 1.63. The molecule has 0 heterocycles. The van der Waals surface area contributed by atoms with E-state index in [0.717, 1.165) is 42.7 Å². The summed E-state index contributed by atoms with van der Waals surface area (Å²) in [4.78, 5) is 0. The molecule has 0 spiro atoms. The molecule has 0 aliphatic carbocycles. The summed E-state index contributed by atoms with van der Waals surface area (Å²) < 4.78 is 11.3. The molecule has 0 aromatic heterocycles. The van der Waals surface area contributed by atoms with Crippen LogP contribution < -0.4 is 15.2 Å². The normalized spacial score (nSPS) is 10.5. The zero-order valence-electron chi connectivity index (χ0n) is 11.7. The summed E-state index contributed by atoms with van der Waals surface area (Å²) in [5.41, 5.74) is 6.69. The van der Waals surface area contributed by atoms with Crippen LogP contribution in [0.3, 0.4) is 0 Å². The molecule has 1 aromatic rings. The number of ether oxygens (including phenoxy) is 2. The van der Waals surface area contributed by atoms with Crippen molar-refractivity contribution in [1.29, 1.82) is 0 Å². The number of aliphatic hydroxyl groups is 1. The van der Waals surface area contributed by atoms with Crippen LogP contribution in [0, 0.1) is 0 Å². The van der Waals surface area contributed by atoms with Gasteiger partial charge in [0.2, 0.25) is 0 Å². The minimum atomic E-state index is 0.244. The molecule has 108 valence electrons. The van der Waals surface area contributed by atoms with E-state index in [4.69, 9.17) is 20.3 Å². The van der Waals surface area contributed by atoms with Gasteiger partial charge >= 0.3 is 0 Å². The Morgan fingerprint density at radius 3 is 2.63 bits per heavy atom. The van der Waals surface area contributed by atoms with Crippen LogP contribution >= 0.6 is 0 Å². The number of unbranched alkanes of at least 4 members (excludes halogenated alkanes) is 2.